The highest BCUT2D eigenvalue weighted by atomic mass is 16.3. The topological polar surface area (TPSA) is 67.9 Å². The van der Waals surface area contributed by atoms with E-state index < -0.39 is 0 Å². The van der Waals surface area contributed by atoms with Gasteiger partial charge in [0.1, 0.15) is 0 Å². The first-order valence-corrected chi connectivity index (χ1v) is 5.20. The molecule has 0 radical (unpaired) electrons. The Balaban J connectivity index is 2.73. The van der Waals surface area contributed by atoms with Crippen molar-refractivity contribution >= 4 is 11.9 Å². The van der Waals surface area contributed by atoms with Gasteiger partial charge >= 0.3 is 0 Å². The first kappa shape index (κ1) is 11.7. The highest BCUT2D eigenvalue weighted by Gasteiger charge is 2.04. The second-order valence-corrected chi connectivity index (χ2v) is 3.71. The molecule has 0 heterocycles. The highest BCUT2D eigenvalue weighted by Crippen LogP contribution is 2.19. The van der Waals surface area contributed by atoms with Gasteiger partial charge in [-0.2, -0.15) is 0 Å². The molecule has 82 valence electrons. The van der Waals surface area contributed by atoms with E-state index in [1.165, 1.54) is 6.21 Å². The van der Waals surface area contributed by atoms with Gasteiger partial charge in [-0.25, -0.2) is 0 Å². The maximum Gasteiger partial charge on any atom is 0.0580 e. The van der Waals surface area contributed by atoms with Crippen molar-refractivity contribution < 1.29 is 5.11 Å². The number of benzene rings is 1. The fraction of sp³-hybridized carbons (Fsp3) is 0.417. The number of rotatable bonds is 5. The molecule has 1 unspecified atom stereocenters. The van der Waals surface area contributed by atoms with Gasteiger partial charge in [0.15, 0.2) is 0 Å². The van der Waals surface area contributed by atoms with Crippen LogP contribution in [-0.2, 0) is 6.42 Å². The molecule has 0 aromatic heterocycles. The molecule has 0 amide bonds. The number of aliphatic hydroxyl groups is 1. The molecule has 1 aromatic rings. The van der Waals surface area contributed by atoms with Gasteiger partial charge in [-0.1, -0.05) is 31.5 Å². The summed E-state index contributed by atoms with van der Waals surface area (Å²) in [6.07, 6.45) is 3.23. The molecule has 15 heavy (non-hydrogen) atoms. The summed E-state index contributed by atoms with van der Waals surface area (Å²) in [5.41, 5.74) is 9.48. The van der Waals surface area contributed by atoms with Gasteiger partial charge < -0.3 is 16.2 Å². The second-order valence-electron chi connectivity index (χ2n) is 3.71. The van der Waals surface area contributed by atoms with E-state index in [0.29, 0.717) is 17.7 Å². The highest BCUT2D eigenvalue weighted by molar-refractivity contribution is 5.86. The van der Waals surface area contributed by atoms with E-state index in [9.17, 15) is 5.11 Å². The van der Waals surface area contributed by atoms with E-state index in [0.717, 1.165) is 18.4 Å². The van der Waals surface area contributed by atoms with Crippen LogP contribution in [0.4, 0.5) is 5.69 Å². The minimum absolute atomic E-state index is 0.315. The first-order chi connectivity index (χ1) is 7.17. The molecule has 0 saturated heterocycles. The quantitative estimate of drug-likeness (QED) is 0.712. The Bertz CT molecular complexity index is 336. The van der Waals surface area contributed by atoms with Crippen LogP contribution in [0.3, 0.4) is 0 Å². The molecule has 3 nitrogen and oxygen atoms in total. The van der Waals surface area contributed by atoms with Crippen LogP contribution in [0.25, 0.3) is 5.73 Å². The van der Waals surface area contributed by atoms with Crippen LogP contribution in [-0.4, -0.2) is 17.4 Å². The van der Waals surface area contributed by atoms with E-state index in [1.807, 2.05) is 13.0 Å². The Morgan fingerprint density at radius 3 is 2.87 bits per heavy atom. The van der Waals surface area contributed by atoms with Crippen LogP contribution in [0.1, 0.15) is 30.9 Å². The van der Waals surface area contributed by atoms with Gasteiger partial charge in [0.2, 0.25) is 0 Å². The van der Waals surface area contributed by atoms with Crippen molar-refractivity contribution in [2.24, 2.45) is 0 Å². The molecule has 0 spiro atoms. The number of hydrogen-bond donors (Lipinski definition) is 2. The van der Waals surface area contributed by atoms with Gasteiger partial charge in [-0.3, -0.25) is 0 Å². The smallest absolute Gasteiger partial charge is 0.0580 e. The molecule has 1 rings (SSSR count). The van der Waals surface area contributed by atoms with Gasteiger partial charge in [-0.05, 0) is 24.0 Å². The maximum absolute atomic E-state index is 9.63. The lowest BCUT2D eigenvalue weighted by molar-refractivity contribution is 0.164. The summed E-state index contributed by atoms with van der Waals surface area (Å²) in [6.45, 7) is 2.04. The minimum Gasteiger partial charge on any atom is -0.698 e. The lowest BCUT2D eigenvalue weighted by atomic mass is 10.0. The Kier molecular flexibility index (Phi) is 4.31. The lowest BCUT2D eigenvalue weighted by Gasteiger charge is -2.13. The summed E-state index contributed by atoms with van der Waals surface area (Å²) in [5, 5.41) is 16.8. The molecule has 3 N–H and O–H groups in total. The zero-order valence-corrected chi connectivity index (χ0v) is 8.96. The number of aliphatic hydroxyl groups excluding tert-OH is 1. The Morgan fingerprint density at radius 2 is 2.27 bits per heavy atom. The third-order valence-electron chi connectivity index (χ3n) is 2.36. The van der Waals surface area contributed by atoms with Gasteiger partial charge in [0.25, 0.3) is 0 Å². The van der Waals surface area contributed by atoms with E-state index in [4.69, 9.17) is 11.1 Å². The second kappa shape index (κ2) is 5.51. The van der Waals surface area contributed by atoms with Crippen molar-refractivity contribution in [3.63, 3.8) is 0 Å². The predicted octanol–water partition coefficient (Wildman–Crippen LogP) is 3.07. The van der Waals surface area contributed by atoms with E-state index in [-0.39, 0.29) is 6.10 Å². The molecular formula is C12H17N2O-. The summed E-state index contributed by atoms with van der Waals surface area (Å²) >= 11 is 0. The first-order valence-electron chi connectivity index (χ1n) is 5.20. The Morgan fingerprint density at radius 1 is 1.53 bits per heavy atom. The van der Waals surface area contributed by atoms with Crippen LogP contribution in [0.5, 0.6) is 0 Å². The SMILES string of the molecule is CCCC(O)Cc1ccc([NH-])c(C=N)c1. The molecule has 0 aliphatic carbocycles. The van der Waals surface area contributed by atoms with Crippen molar-refractivity contribution in [2.75, 3.05) is 0 Å². The van der Waals surface area contributed by atoms with Crippen LogP contribution in [0.2, 0.25) is 0 Å². The summed E-state index contributed by atoms with van der Waals surface area (Å²) in [5.74, 6) is 0. The van der Waals surface area contributed by atoms with E-state index >= 15 is 0 Å². The van der Waals surface area contributed by atoms with Crippen molar-refractivity contribution in [3.8, 4) is 0 Å². The molecule has 0 saturated carbocycles. The van der Waals surface area contributed by atoms with Crippen molar-refractivity contribution in [1.82, 2.24) is 0 Å². The normalized spacial score (nSPS) is 12.4. The van der Waals surface area contributed by atoms with Crippen molar-refractivity contribution in [3.05, 3.63) is 35.1 Å². The third-order valence-corrected chi connectivity index (χ3v) is 2.36. The monoisotopic (exact) mass is 205 g/mol. The zero-order chi connectivity index (χ0) is 11.3. The largest absolute Gasteiger partial charge is 0.698 e. The fourth-order valence-electron chi connectivity index (χ4n) is 1.57. The predicted molar refractivity (Wildman–Crippen MR) is 62.9 cm³/mol. The van der Waals surface area contributed by atoms with Gasteiger partial charge in [-0.15, -0.1) is 5.69 Å². The van der Waals surface area contributed by atoms with Crippen LogP contribution >= 0.6 is 0 Å². The number of hydrogen-bond acceptors (Lipinski definition) is 2. The van der Waals surface area contributed by atoms with Crippen LogP contribution in [0.15, 0.2) is 18.2 Å². The summed E-state index contributed by atoms with van der Waals surface area (Å²) in [6, 6.07) is 5.32. The van der Waals surface area contributed by atoms with E-state index in [1.54, 1.807) is 12.1 Å². The molecule has 1 atom stereocenters. The Labute approximate surface area is 90.4 Å². The van der Waals surface area contributed by atoms with Crippen LogP contribution in [0, 0.1) is 5.41 Å². The average molecular weight is 205 g/mol. The van der Waals surface area contributed by atoms with Crippen molar-refractivity contribution in [2.45, 2.75) is 32.3 Å². The van der Waals surface area contributed by atoms with Crippen LogP contribution < -0.4 is 0 Å². The van der Waals surface area contributed by atoms with E-state index in [2.05, 4.69) is 0 Å². The minimum atomic E-state index is -0.315. The Hall–Kier alpha value is -1.35. The third kappa shape index (κ3) is 3.36. The maximum atomic E-state index is 9.63. The molecule has 3 heteroatoms. The molecule has 1 aromatic carbocycles. The standard InChI is InChI=1S/C12H17N2O/c1-2-3-11(15)7-9-4-5-12(14)10(6-9)8-13/h4-6,8,11,13-15H,2-3,7H2,1H3/q-1. The lowest BCUT2D eigenvalue weighted by Crippen LogP contribution is -2.09. The van der Waals surface area contributed by atoms with Gasteiger partial charge in [0, 0.05) is 6.21 Å². The molecule has 0 aliphatic heterocycles. The fourth-order valence-corrected chi connectivity index (χ4v) is 1.57. The summed E-state index contributed by atoms with van der Waals surface area (Å²) < 4.78 is 0. The molecule has 0 fully saturated rings. The molecule has 0 aliphatic rings. The zero-order valence-electron chi connectivity index (χ0n) is 8.96. The number of nitrogens with one attached hydrogen (secondary N) is 2. The average Bonchev–Trinajstić information content (AvgIpc) is 2.21. The van der Waals surface area contributed by atoms with Gasteiger partial charge in [0.05, 0.1) is 6.10 Å². The van der Waals surface area contributed by atoms with Crippen molar-refractivity contribution in [1.29, 1.82) is 5.41 Å². The molecular weight excluding hydrogens is 188 g/mol. The summed E-state index contributed by atoms with van der Waals surface area (Å²) in [7, 11) is 0. The summed E-state index contributed by atoms with van der Waals surface area (Å²) in [4.78, 5) is 0. The molecule has 0 bridgehead atoms.